The number of carboxylic acid groups (broad SMARTS) is 1. The third kappa shape index (κ3) is 3.78. The minimum Gasteiger partial charge on any atom is -0.481 e. The van der Waals surface area contributed by atoms with Gasteiger partial charge in [0.2, 0.25) is 0 Å². The van der Waals surface area contributed by atoms with Crippen LogP contribution in [0.3, 0.4) is 0 Å². The van der Waals surface area contributed by atoms with Crippen molar-refractivity contribution >= 4 is 30.4 Å². The van der Waals surface area contributed by atoms with E-state index >= 15 is 0 Å². The number of carbonyl (C=O) groups is 2. The molecule has 2 aromatic carbocycles. The van der Waals surface area contributed by atoms with E-state index < -0.39 is 20.2 Å². The van der Waals surface area contributed by atoms with Gasteiger partial charge in [0.25, 0.3) is 8.32 Å². The summed E-state index contributed by atoms with van der Waals surface area (Å²) in [7, 11) is -2.78. The Hall–Kier alpha value is -2.24. The van der Waals surface area contributed by atoms with Gasteiger partial charge in [-0.25, -0.2) is 0 Å². The molecular weight excluding hydrogens is 404 g/mol. The van der Waals surface area contributed by atoms with Crippen molar-refractivity contribution in [2.75, 3.05) is 0 Å². The van der Waals surface area contributed by atoms with Crippen LogP contribution in [0.2, 0.25) is 5.04 Å². The van der Waals surface area contributed by atoms with Gasteiger partial charge in [-0.1, -0.05) is 81.4 Å². The van der Waals surface area contributed by atoms with E-state index in [1.54, 1.807) is 0 Å². The molecule has 5 heteroatoms. The van der Waals surface area contributed by atoms with Gasteiger partial charge in [0.05, 0.1) is 12.0 Å². The number of hydrogen-bond donors (Lipinski definition) is 1. The monoisotopic (exact) mass is 436 g/mol. The molecule has 4 atom stereocenters. The zero-order valence-electron chi connectivity index (χ0n) is 18.6. The fraction of sp³-hybridized carbons (Fsp3) is 0.462. The first kappa shape index (κ1) is 22.0. The molecule has 2 aromatic rings. The second-order valence-electron chi connectivity index (χ2n) is 10.0. The Bertz CT molecular complexity index is 895. The molecule has 0 heterocycles. The van der Waals surface area contributed by atoms with Crippen molar-refractivity contribution in [1.29, 1.82) is 0 Å². The van der Waals surface area contributed by atoms with Crippen molar-refractivity contribution in [2.45, 2.75) is 57.6 Å². The number of ketones is 1. The molecule has 0 radical (unpaired) electrons. The van der Waals surface area contributed by atoms with Gasteiger partial charge >= 0.3 is 5.97 Å². The molecule has 2 aliphatic rings. The van der Waals surface area contributed by atoms with Crippen LogP contribution in [-0.4, -0.2) is 31.3 Å². The molecule has 1 N–H and O–H groups in total. The maximum absolute atomic E-state index is 12.9. The molecule has 0 aliphatic heterocycles. The molecule has 0 aromatic heterocycles. The van der Waals surface area contributed by atoms with Crippen LogP contribution < -0.4 is 10.4 Å². The number of carboxylic acids is 1. The number of benzene rings is 2. The fourth-order valence-corrected chi connectivity index (χ4v) is 10.7. The summed E-state index contributed by atoms with van der Waals surface area (Å²) < 4.78 is 7.25. The van der Waals surface area contributed by atoms with E-state index in [0.717, 1.165) is 0 Å². The molecule has 0 saturated heterocycles. The lowest BCUT2D eigenvalue weighted by atomic mass is 9.72. The van der Waals surface area contributed by atoms with Crippen molar-refractivity contribution in [1.82, 2.24) is 0 Å². The van der Waals surface area contributed by atoms with Gasteiger partial charge in [0, 0.05) is 12.3 Å². The minimum atomic E-state index is -2.78. The van der Waals surface area contributed by atoms with E-state index in [2.05, 4.69) is 69.3 Å². The smallest absolute Gasteiger partial charge is 0.306 e. The summed E-state index contributed by atoms with van der Waals surface area (Å²) in [6.07, 6.45) is 2.10. The lowest BCUT2D eigenvalue weighted by Crippen LogP contribution is -2.68. The quantitative estimate of drug-likeness (QED) is 0.719. The third-order valence-corrected chi connectivity index (χ3v) is 12.4. The van der Waals surface area contributed by atoms with Gasteiger partial charge < -0.3 is 9.53 Å². The van der Waals surface area contributed by atoms with Gasteiger partial charge in [-0.2, -0.15) is 0 Å². The first-order chi connectivity index (χ1) is 14.8. The largest absolute Gasteiger partial charge is 0.481 e. The highest BCUT2D eigenvalue weighted by Crippen LogP contribution is 2.47. The summed E-state index contributed by atoms with van der Waals surface area (Å²) in [5.41, 5.74) is 0. The summed E-state index contributed by atoms with van der Waals surface area (Å²) >= 11 is 0. The van der Waals surface area contributed by atoms with E-state index in [9.17, 15) is 14.7 Å². The van der Waals surface area contributed by atoms with Crippen LogP contribution >= 0.6 is 0 Å². The number of hydrogen-bond acceptors (Lipinski definition) is 3. The summed E-state index contributed by atoms with van der Waals surface area (Å²) in [5.74, 6) is -1.44. The lowest BCUT2D eigenvalue weighted by Gasteiger charge is -2.48. The van der Waals surface area contributed by atoms with E-state index in [0.29, 0.717) is 25.7 Å². The average Bonchev–Trinajstić information content (AvgIpc) is 3.14. The van der Waals surface area contributed by atoms with Crippen molar-refractivity contribution in [3.05, 3.63) is 60.7 Å². The molecule has 164 valence electrons. The second-order valence-corrected chi connectivity index (χ2v) is 14.3. The first-order valence-corrected chi connectivity index (χ1v) is 13.2. The minimum absolute atomic E-state index is 0.109. The van der Waals surface area contributed by atoms with Crippen LogP contribution in [0.1, 0.15) is 46.5 Å². The molecule has 0 bridgehead atoms. The van der Waals surface area contributed by atoms with Crippen LogP contribution in [0.4, 0.5) is 0 Å². The van der Waals surface area contributed by atoms with Crippen LogP contribution in [0.15, 0.2) is 60.7 Å². The fourth-order valence-electron chi connectivity index (χ4n) is 5.92. The van der Waals surface area contributed by atoms with Gasteiger partial charge in [0.15, 0.2) is 0 Å². The molecule has 0 amide bonds. The highest BCUT2D eigenvalue weighted by atomic mass is 28.4. The normalized spacial score (nSPS) is 26.5. The number of rotatable bonds is 5. The Labute approximate surface area is 185 Å². The van der Waals surface area contributed by atoms with Crippen LogP contribution in [0.25, 0.3) is 0 Å². The Morgan fingerprint density at radius 2 is 1.48 bits per heavy atom. The lowest BCUT2D eigenvalue weighted by molar-refractivity contribution is -0.148. The van der Waals surface area contributed by atoms with Crippen LogP contribution in [0.5, 0.6) is 0 Å². The summed E-state index contributed by atoms with van der Waals surface area (Å²) in [4.78, 5) is 24.8. The number of aliphatic carboxylic acids is 1. The summed E-state index contributed by atoms with van der Waals surface area (Å²) in [6.45, 7) is 6.70. The summed E-state index contributed by atoms with van der Waals surface area (Å²) in [6, 6.07) is 20.9. The predicted molar refractivity (Wildman–Crippen MR) is 124 cm³/mol. The van der Waals surface area contributed by atoms with Crippen molar-refractivity contribution in [3.63, 3.8) is 0 Å². The van der Waals surface area contributed by atoms with Crippen LogP contribution in [0, 0.1) is 17.8 Å². The van der Waals surface area contributed by atoms with Crippen molar-refractivity contribution in [3.8, 4) is 0 Å². The Morgan fingerprint density at radius 3 is 1.97 bits per heavy atom. The predicted octanol–water partition coefficient (Wildman–Crippen LogP) is 4.02. The third-order valence-electron chi connectivity index (χ3n) is 7.30. The molecule has 0 unspecified atom stereocenters. The standard InChI is InChI=1S/C26H32O4Si/c1-26(2,3)31(18-10-6-4-7-11-18,19-12-8-5-9-13-19)30-23-17-15-21(25(28)29)20-14-16-22(27)24(20)23/h4-13,20-21,23-24H,14-17H2,1-3H3,(H,28,29)/t20-,21+,23+,24+/m0/s1. The Kier molecular flexibility index (Phi) is 5.92. The zero-order chi connectivity index (χ0) is 22.2. The number of fused-ring (bicyclic) bond motifs is 1. The highest BCUT2D eigenvalue weighted by molar-refractivity contribution is 6.99. The summed E-state index contributed by atoms with van der Waals surface area (Å²) in [5, 5.41) is 11.9. The Balaban J connectivity index is 1.82. The zero-order valence-corrected chi connectivity index (χ0v) is 19.6. The SMILES string of the molecule is CC(C)(C)[Si](O[C@@H]1CC[C@@H](C(=O)O)[C@@H]2CCC(=O)[C@@H]21)(c1ccccc1)c1ccccc1. The molecule has 31 heavy (non-hydrogen) atoms. The van der Waals surface area contributed by atoms with Gasteiger partial charge in [0.1, 0.15) is 5.78 Å². The highest BCUT2D eigenvalue weighted by Gasteiger charge is 2.56. The van der Waals surface area contributed by atoms with Crippen LogP contribution in [-0.2, 0) is 14.0 Å². The van der Waals surface area contributed by atoms with E-state index in [1.807, 2.05) is 12.1 Å². The molecular formula is C26H32O4Si. The van der Waals surface area contributed by atoms with Gasteiger partial charge in [-0.3, -0.25) is 9.59 Å². The molecule has 4 rings (SSSR count). The maximum Gasteiger partial charge on any atom is 0.306 e. The second kappa shape index (κ2) is 8.36. The van der Waals surface area contributed by atoms with E-state index in [-0.39, 0.29) is 28.8 Å². The maximum atomic E-state index is 12.9. The molecule has 2 aliphatic carbocycles. The molecule has 0 spiro atoms. The topological polar surface area (TPSA) is 63.6 Å². The van der Waals surface area contributed by atoms with Crippen molar-refractivity contribution in [2.24, 2.45) is 17.8 Å². The molecule has 4 nitrogen and oxygen atoms in total. The van der Waals surface area contributed by atoms with Gasteiger partial charge in [-0.15, -0.1) is 0 Å². The van der Waals surface area contributed by atoms with E-state index in [1.165, 1.54) is 10.4 Å². The number of Topliss-reactive ketones (excluding diaryl/α,β-unsaturated/α-hetero) is 1. The number of carbonyl (C=O) groups excluding carboxylic acids is 1. The first-order valence-electron chi connectivity index (χ1n) is 11.3. The molecule has 2 saturated carbocycles. The van der Waals surface area contributed by atoms with Gasteiger partial charge in [-0.05, 0) is 40.6 Å². The van der Waals surface area contributed by atoms with E-state index in [4.69, 9.17) is 4.43 Å². The Morgan fingerprint density at radius 1 is 0.935 bits per heavy atom. The molecule has 2 fully saturated rings. The average molecular weight is 437 g/mol. The van der Waals surface area contributed by atoms with Crippen molar-refractivity contribution < 1.29 is 19.1 Å².